The fraction of sp³-hybridized carbons (Fsp3) is 0.550. The van der Waals surface area contributed by atoms with Crippen molar-refractivity contribution in [2.45, 2.75) is 58.2 Å². The number of allylic oxidation sites excluding steroid dienone is 3. The van der Waals surface area contributed by atoms with E-state index < -0.39 is 24.5 Å². The van der Waals surface area contributed by atoms with Crippen LogP contribution in [-0.2, 0) is 4.74 Å². The van der Waals surface area contributed by atoms with E-state index in [2.05, 4.69) is 53.2 Å². The quantitative estimate of drug-likeness (QED) is 0.489. The second-order valence-electron chi connectivity index (χ2n) is 7.53. The molecule has 9 nitrogen and oxygen atoms in total. The Labute approximate surface area is 169 Å². The number of nitrogens with zero attached hydrogens (tertiary/aromatic N) is 4. The van der Waals surface area contributed by atoms with Crippen molar-refractivity contribution in [3.8, 4) is 0 Å². The lowest BCUT2D eigenvalue weighted by Gasteiger charge is -2.16. The van der Waals surface area contributed by atoms with Crippen LogP contribution in [0.5, 0.6) is 0 Å². The van der Waals surface area contributed by atoms with Gasteiger partial charge in [-0.15, -0.1) is 0 Å². The van der Waals surface area contributed by atoms with E-state index >= 15 is 0 Å². The summed E-state index contributed by atoms with van der Waals surface area (Å²) in [6, 6.07) is 0. The summed E-state index contributed by atoms with van der Waals surface area (Å²) in [7, 11) is 0. The topological polar surface area (TPSA) is 126 Å². The molecule has 0 bridgehead atoms. The highest BCUT2D eigenvalue weighted by Gasteiger charge is 2.44. The van der Waals surface area contributed by atoms with Gasteiger partial charge in [-0.3, -0.25) is 4.57 Å². The fourth-order valence-electron chi connectivity index (χ4n) is 3.29. The van der Waals surface area contributed by atoms with Crippen molar-refractivity contribution in [3.63, 3.8) is 0 Å². The van der Waals surface area contributed by atoms with Crippen LogP contribution in [0, 0.1) is 0 Å². The fourth-order valence-corrected chi connectivity index (χ4v) is 3.29. The van der Waals surface area contributed by atoms with Crippen molar-refractivity contribution >= 4 is 17.0 Å². The molecule has 3 rings (SSSR count). The van der Waals surface area contributed by atoms with Crippen molar-refractivity contribution in [1.29, 1.82) is 0 Å². The molecule has 29 heavy (non-hydrogen) atoms. The van der Waals surface area contributed by atoms with Crippen molar-refractivity contribution in [3.05, 3.63) is 36.0 Å². The first-order valence-electron chi connectivity index (χ1n) is 9.75. The Balaban J connectivity index is 1.71. The molecule has 1 fully saturated rings. The van der Waals surface area contributed by atoms with Crippen molar-refractivity contribution < 1.29 is 20.1 Å². The number of rotatable bonds is 8. The van der Waals surface area contributed by atoms with E-state index in [1.807, 2.05) is 0 Å². The van der Waals surface area contributed by atoms with Gasteiger partial charge in [-0.25, -0.2) is 15.0 Å². The zero-order valence-corrected chi connectivity index (χ0v) is 17.0. The van der Waals surface area contributed by atoms with Crippen molar-refractivity contribution in [1.82, 2.24) is 19.5 Å². The van der Waals surface area contributed by atoms with Crippen LogP contribution < -0.4 is 5.32 Å². The number of hydrogen-bond donors (Lipinski definition) is 4. The average molecular weight is 403 g/mol. The molecule has 4 N–H and O–H groups in total. The maximum absolute atomic E-state index is 10.3. The first-order valence-corrected chi connectivity index (χ1v) is 9.75. The summed E-state index contributed by atoms with van der Waals surface area (Å²) in [5, 5.41) is 32.8. The zero-order chi connectivity index (χ0) is 21.0. The second kappa shape index (κ2) is 9.45. The number of nitrogens with one attached hydrogen (secondary N) is 1. The van der Waals surface area contributed by atoms with Gasteiger partial charge in [0, 0.05) is 6.54 Å². The second-order valence-corrected chi connectivity index (χ2v) is 7.53. The summed E-state index contributed by atoms with van der Waals surface area (Å²) in [5.41, 5.74) is 3.63. The highest BCUT2D eigenvalue weighted by Crippen LogP contribution is 2.32. The van der Waals surface area contributed by atoms with Crippen LogP contribution in [0.25, 0.3) is 11.2 Å². The lowest BCUT2D eigenvalue weighted by Crippen LogP contribution is -2.33. The summed E-state index contributed by atoms with van der Waals surface area (Å²) in [4.78, 5) is 12.9. The predicted molar refractivity (Wildman–Crippen MR) is 109 cm³/mol. The van der Waals surface area contributed by atoms with Crippen LogP contribution in [-0.4, -0.2) is 66.3 Å². The van der Waals surface area contributed by atoms with E-state index in [9.17, 15) is 15.3 Å². The van der Waals surface area contributed by atoms with E-state index in [-0.39, 0.29) is 6.61 Å². The van der Waals surface area contributed by atoms with Gasteiger partial charge < -0.3 is 25.4 Å². The molecule has 1 aliphatic rings. The van der Waals surface area contributed by atoms with Gasteiger partial charge >= 0.3 is 0 Å². The van der Waals surface area contributed by atoms with Gasteiger partial charge in [0.1, 0.15) is 24.6 Å². The number of aliphatic hydroxyl groups is 3. The molecule has 0 aromatic carbocycles. The van der Waals surface area contributed by atoms with Gasteiger partial charge in [-0.1, -0.05) is 23.3 Å². The third-order valence-corrected chi connectivity index (χ3v) is 4.96. The Kier molecular flexibility index (Phi) is 6.96. The zero-order valence-electron chi connectivity index (χ0n) is 17.0. The van der Waals surface area contributed by atoms with E-state index in [0.717, 1.165) is 12.8 Å². The first-order chi connectivity index (χ1) is 13.9. The standard InChI is InChI=1S/C20H29N5O4/c1-12(2)5-4-6-13(3)7-8-21-18-15-19(23-10-22-18)25(11-24-15)20-17(28)16(27)14(9-26)29-20/h5,7,10-11,14,16-17,20,26-28H,4,6,8-9H2,1-3H3,(H,21,22,23). The molecule has 1 saturated heterocycles. The number of imidazole rings is 1. The molecule has 4 atom stereocenters. The summed E-state index contributed by atoms with van der Waals surface area (Å²) in [5.74, 6) is 0.578. The molecule has 0 amide bonds. The van der Waals surface area contributed by atoms with Gasteiger partial charge in [0.15, 0.2) is 23.2 Å². The third kappa shape index (κ3) is 4.81. The van der Waals surface area contributed by atoms with Crippen LogP contribution in [0.2, 0.25) is 0 Å². The Bertz CT molecular complexity index is 890. The monoisotopic (exact) mass is 403 g/mol. The summed E-state index contributed by atoms with van der Waals surface area (Å²) >= 11 is 0. The molecule has 0 aliphatic carbocycles. The molecule has 1 aliphatic heterocycles. The van der Waals surface area contributed by atoms with Crippen molar-refractivity contribution in [2.24, 2.45) is 0 Å². The lowest BCUT2D eigenvalue weighted by molar-refractivity contribution is -0.0511. The Hall–Kier alpha value is -2.33. The molecule has 2 aromatic heterocycles. The van der Waals surface area contributed by atoms with E-state index in [0.29, 0.717) is 23.5 Å². The molecule has 0 spiro atoms. The maximum atomic E-state index is 10.3. The molecule has 4 unspecified atom stereocenters. The highest BCUT2D eigenvalue weighted by molar-refractivity contribution is 5.82. The van der Waals surface area contributed by atoms with Crippen LogP contribution >= 0.6 is 0 Å². The molecule has 0 radical (unpaired) electrons. The van der Waals surface area contributed by atoms with Gasteiger partial charge in [-0.05, 0) is 33.6 Å². The Morgan fingerprint density at radius 2 is 1.97 bits per heavy atom. The first kappa shape index (κ1) is 21.4. The minimum Gasteiger partial charge on any atom is -0.394 e. The molecule has 9 heteroatoms. The minimum atomic E-state index is -1.19. The molecule has 0 saturated carbocycles. The van der Waals surface area contributed by atoms with Gasteiger partial charge in [0.05, 0.1) is 12.9 Å². The SMILES string of the molecule is CC(C)=CCCC(C)=CCNc1ncnc2c1ncn2C1OC(CO)C(O)C1O. The van der Waals surface area contributed by atoms with Crippen LogP contribution in [0.4, 0.5) is 5.82 Å². The smallest absolute Gasteiger partial charge is 0.167 e. The number of aliphatic hydroxyl groups excluding tert-OH is 3. The maximum Gasteiger partial charge on any atom is 0.167 e. The summed E-state index contributed by atoms with van der Waals surface area (Å²) in [6.45, 7) is 6.52. The predicted octanol–water partition coefficient (Wildman–Crippen LogP) is 1.54. The largest absolute Gasteiger partial charge is 0.394 e. The molecule has 2 aromatic rings. The molecule has 158 valence electrons. The van der Waals surface area contributed by atoms with E-state index in [4.69, 9.17) is 4.74 Å². The van der Waals surface area contributed by atoms with E-state index in [1.165, 1.54) is 23.8 Å². The Morgan fingerprint density at radius 3 is 2.66 bits per heavy atom. The normalized spacial score (nSPS) is 24.8. The molecule has 3 heterocycles. The van der Waals surface area contributed by atoms with Gasteiger partial charge in [-0.2, -0.15) is 0 Å². The molecular formula is C20H29N5O4. The third-order valence-electron chi connectivity index (χ3n) is 4.96. The number of aromatic nitrogens is 4. The Morgan fingerprint density at radius 1 is 1.17 bits per heavy atom. The molecular weight excluding hydrogens is 374 g/mol. The van der Waals surface area contributed by atoms with Crippen LogP contribution in [0.1, 0.15) is 39.8 Å². The van der Waals surface area contributed by atoms with E-state index in [1.54, 1.807) is 4.57 Å². The van der Waals surface area contributed by atoms with Crippen LogP contribution in [0.3, 0.4) is 0 Å². The number of hydrogen-bond acceptors (Lipinski definition) is 8. The van der Waals surface area contributed by atoms with Crippen molar-refractivity contribution in [2.75, 3.05) is 18.5 Å². The number of ether oxygens (including phenoxy) is 1. The summed E-state index contributed by atoms with van der Waals surface area (Å²) in [6.07, 6.45) is 5.17. The lowest BCUT2D eigenvalue weighted by atomic mass is 10.1. The highest BCUT2D eigenvalue weighted by atomic mass is 16.6. The van der Waals surface area contributed by atoms with Gasteiger partial charge in [0.25, 0.3) is 0 Å². The van der Waals surface area contributed by atoms with Gasteiger partial charge in [0.2, 0.25) is 0 Å². The summed E-state index contributed by atoms with van der Waals surface area (Å²) < 4.78 is 7.12. The average Bonchev–Trinajstić information content (AvgIpc) is 3.23. The minimum absolute atomic E-state index is 0.386. The number of anilines is 1. The number of fused-ring (bicyclic) bond motifs is 1. The van der Waals surface area contributed by atoms with Crippen LogP contribution in [0.15, 0.2) is 36.0 Å².